The third-order valence-corrected chi connectivity index (χ3v) is 6.16. The molecule has 2 aromatic heterocycles. The van der Waals surface area contributed by atoms with E-state index in [2.05, 4.69) is 49.7 Å². The van der Waals surface area contributed by atoms with Gasteiger partial charge in [-0.25, -0.2) is 4.98 Å². The first-order valence-corrected chi connectivity index (χ1v) is 10.4. The topological polar surface area (TPSA) is 70.7 Å². The Morgan fingerprint density at radius 3 is 2.88 bits per heavy atom. The van der Waals surface area contributed by atoms with E-state index in [9.17, 15) is 0 Å². The van der Waals surface area contributed by atoms with E-state index in [0.29, 0.717) is 0 Å². The van der Waals surface area contributed by atoms with Crippen LogP contribution in [0.3, 0.4) is 0 Å². The smallest absolute Gasteiger partial charge is 0.217 e. The van der Waals surface area contributed by atoms with Crippen LogP contribution in [0.5, 0.6) is 0 Å². The van der Waals surface area contributed by atoms with Crippen LogP contribution in [0, 0.1) is 0 Å². The Morgan fingerprint density at radius 1 is 1.31 bits per heavy atom. The lowest BCUT2D eigenvalue weighted by Gasteiger charge is -2.14. The molecule has 1 fully saturated rings. The van der Waals surface area contributed by atoms with Gasteiger partial charge in [-0.05, 0) is 35.7 Å². The van der Waals surface area contributed by atoms with Crippen LogP contribution in [0.25, 0.3) is 10.7 Å². The van der Waals surface area contributed by atoms with Gasteiger partial charge in [-0.1, -0.05) is 17.8 Å². The highest BCUT2D eigenvalue weighted by molar-refractivity contribution is 7.99. The van der Waals surface area contributed by atoms with Crippen LogP contribution in [-0.4, -0.2) is 47.7 Å². The molecule has 136 valence electrons. The van der Waals surface area contributed by atoms with Crippen LogP contribution >= 0.6 is 23.1 Å². The van der Waals surface area contributed by atoms with Gasteiger partial charge in [0.15, 0.2) is 5.82 Å². The molecular weight excluding hydrogens is 366 g/mol. The van der Waals surface area contributed by atoms with E-state index >= 15 is 0 Å². The van der Waals surface area contributed by atoms with Crippen LogP contribution in [-0.2, 0) is 4.74 Å². The van der Waals surface area contributed by atoms with Gasteiger partial charge in [0.2, 0.25) is 11.4 Å². The van der Waals surface area contributed by atoms with Crippen molar-refractivity contribution in [1.29, 1.82) is 0 Å². The third kappa shape index (κ3) is 3.93. The van der Waals surface area contributed by atoms with Gasteiger partial charge in [0, 0.05) is 31.1 Å². The molecule has 4 rings (SSSR count). The maximum Gasteiger partial charge on any atom is 0.217 e. The van der Waals surface area contributed by atoms with E-state index in [1.54, 1.807) is 23.1 Å². The predicted molar refractivity (Wildman–Crippen MR) is 106 cm³/mol. The van der Waals surface area contributed by atoms with Crippen LogP contribution < -0.4 is 10.2 Å². The second kappa shape index (κ2) is 7.79. The Hall–Kier alpha value is -1.87. The molecule has 0 amide bonds. The molecule has 6 nitrogen and oxygen atoms in total. The fourth-order valence-corrected chi connectivity index (χ4v) is 4.36. The first-order valence-electron chi connectivity index (χ1n) is 8.54. The number of thiophene rings is 1. The molecule has 0 radical (unpaired) electrons. The number of aromatic nitrogens is 3. The van der Waals surface area contributed by atoms with Crippen molar-refractivity contribution in [3.05, 3.63) is 47.3 Å². The zero-order valence-corrected chi connectivity index (χ0v) is 16.4. The fourth-order valence-electron chi connectivity index (χ4n) is 2.88. The molecule has 3 N–H and O–H groups in total. The van der Waals surface area contributed by atoms with Gasteiger partial charge in [-0.2, -0.15) is 0 Å². The molecule has 8 heteroatoms. The van der Waals surface area contributed by atoms with Crippen molar-refractivity contribution in [3.8, 4) is 10.7 Å². The average Bonchev–Trinajstić information content (AvgIpc) is 3.40. The Balaban J connectivity index is 1.30. The van der Waals surface area contributed by atoms with E-state index in [1.807, 2.05) is 31.6 Å². The van der Waals surface area contributed by atoms with Crippen LogP contribution in [0.15, 0.2) is 46.9 Å². The van der Waals surface area contributed by atoms with Crippen molar-refractivity contribution in [1.82, 2.24) is 15.2 Å². The first-order chi connectivity index (χ1) is 12.7. The number of H-pyrrole nitrogens is 1. The zero-order valence-electron chi connectivity index (χ0n) is 14.8. The number of benzene rings is 1. The quantitative estimate of drug-likeness (QED) is 0.635. The average molecular weight is 389 g/mol. The minimum Gasteiger partial charge on any atom is -0.378 e. The molecule has 1 aliphatic rings. The van der Waals surface area contributed by atoms with Crippen molar-refractivity contribution in [3.63, 3.8) is 0 Å². The molecule has 0 aliphatic carbocycles. The maximum absolute atomic E-state index is 6.19. The fraction of sp³-hybridized carbons (Fsp3) is 0.333. The number of aromatic amines is 1. The Kier molecular flexibility index (Phi) is 5.26. The summed E-state index contributed by atoms with van der Waals surface area (Å²) in [5.41, 5.74) is 2.41. The summed E-state index contributed by atoms with van der Waals surface area (Å²) in [4.78, 5) is 7.76. The van der Waals surface area contributed by atoms with E-state index in [0.717, 1.165) is 28.2 Å². The van der Waals surface area contributed by atoms with Gasteiger partial charge < -0.3 is 15.0 Å². The standard InChI is InChI=1S/C18H21N5OS2/c1-23(2)13-7-5-12(6-8-13)17-19-10-14(24-17)11-26-18-20-16(21-22-18)15-4-3-9-25-15/h3-9,14,17,19H,10-11H2,1-2H3,(H,20,21,22)/p+1/t14-,17+/m0/s1. The summed E-state index contributed by atoms with van der Waals surface area (Å²) in [5, 5.41) is 12.4. The maximum atomic E-state index is 6.19. The monoisotopic (exact) mass is 388 g/mol. The second-order valence-corrected chi connectivity index (χ2v) is 8.33. The van der Waals surface area contributed by atoms with Crippen molar-refractivity contribution in [2.45, 2.75) is 17.5 Å². The van der Waals surface area contributed by atoms with E-state index in [1.165, 1.54) is 11.3 Å². The predicted octanol–water partition coefficient (Wildman–Crippen LogP) is 2.35. The van der Waals surface area contributed by atoms with Gasteiger partial charge >= 0.3 is 0 Å². The number of nitrogens with one attached hydrogen (secondary N) is 1. The molecule has 0 spiro atoms. The lowest BCUT2D eigenvalue weighted by atomic mass is 10.2. The number of hydrogen-bond acceptors (Lipinski definition) is 6. The van der Waals surface area contributed by atoms with Gasteiger partial charge in [0.1, 0.15) is 12.6 Å². The summed E-state index contributed by atoms with van der Waals surface area (Å²) in [6.07, 6.45) is 0.271. The summed E-state index contributed by atoms with van der Waals surface area (Å²) in [6.45, 7) is 0.954. The number of thioether (sulfide) groups is 1. The van der Waals surface area contributed by atoms with Crippen molar-refractivity contribution < 1.29 is 10.1 Å². The molecule has 1 saturated heterocycles. The van der Waals surface area contributed by atoms with Gasteiger partial charge in [0.05, 0.1) is 4.88 Å². The van der Waals surface area contributed by atoms with Gasteiger partial charge in [-0.15, -0.1) is 16.4 Å². The van der Waals surface area contributed by atoms with Crippen LogP contribution in [0.4, 0.5) is 5.69 Å². The number of hydrogen-bond donors (Lipinski definition) is 2. The van der Waals surface area contributed by atoms with Crippen molar-refractivity contribution >= 4 is 28.8 Å². The Bertz CT molecular complexity index is 832. The molecule has 3 heterocycles. The number of rotatable bonds is 6. The summed E-state index contributed by atoms with van der Waals surface area (Å²) in [7, 11) is 4.10. The third-order valence-electron chi connectivity index (χ3n) is 4.31. The molecule has 0 unspecified atom stereocenters. The van der Waals surface area contributed by atoms with Crippen LogP contribution in [0.1, 0.15) is 11.8 Å². The number of nitrogens with two attached hydrogens (primary N) is 1. The largest absolute Gasteiger partial charge is 0.378 e. The minimum absolute atomic E-state index is 0.0747. The minimum atomic E-state index is 0.0747. The molecule has 0 bridgehead atoms. The molecule has 26 heavy (non-hydrogen) atoms. The molecule has 2 atom stereocenters. The SMILES string of the molecule is CN(C)c1ccc([C@@H]2[NH2+]C[C@@H](CSc3n[nH]c(-c4cccs4)n3)O2)cc1. The van der Waals surface area contributed by atoms with E-state index in [4.69, 9.17) is 4.74 Å². The molecule has 0 saturated carbocycles. The van der Waals surface area contributed by atoms with Crippen molar-refractivity contribution in [2.75, 3.05) is 31.3 Å². The van der Waals surface area contributed by atoms with Crippen molar-refractivity contribution in [2.24, 2.45) is 0 Å². The van der Waals surface area contributed by atoms with Crippen LogP contribution in [0.2, 0.25) is 0 Å². The number of nitrogens with zero attached hydrogens (tertiary/aromatic N) is 3. The molecule has 3 aromatic rings. The summed E-state index contributed by atoms with van der Waals surface area (Å²) < 4.78 is 6.19. The second-order valence-electron chi connectivity index (χ2n) is 6.39. The Morgan fingerprint density at radius 2 is 2.15 bits per heavy atom. The normalized spacial score (nSPS) is 19.8. The summed E-state index contributed by atoms with van der Waals surface area (Å²) >= 11 is 3.30. The highest BCUT2D eigenvalue weighted by Gasteiger charge is 2.30. The van der Waals surface area contributed by atoms with E-state index in [-0.39, 0.29) is 12.3 Å². The number of ether oxygens (including phenoxy) is 1. The zero-order chi connectivity index (χ0) is 17.9. The summed E-state index contributed by atoms with van der Waals surface area (Å²) in [6, 6.07) is 12.6. The lowest BCUT2D eigenvalue weighted by molar-refractivity contribution is -0.697. The van der Waals surface area contributed by atoms with Gasteiger partial charge in [0.25, 0.3) is 0 Å². The number of anilines is 1. The lowest BCUT2D eigenvalue weighted by Crippen LogP contribution is -2.82. The highest BCUT2D eigenvalue weighted by Crippen LogP contribution is 2.25. The highest BCUT2D eigenvalue weighted by atomic mass is 32.2. The molecular formula is C18H22N5OS2+. The Labute approximate surface area is 161 Å². The first kappa shape index (κ1) is 17.5. The summed E-state index contributed by atoms with van der Waals surface area (Å²) in [5.74, 6) is 1.69. The molecule has 1 aliphatic heterocycles. The molecule has 1 aromatic carbocycles. The van der Waals surface area contributed by atoms with Gasteiger partial charge in [-0.3, -0.25) is 5.10 Å². The number of quaternary nitrogens is 1. The van der Waals surface area contributed by atoms with E-state index < -0.39 is 0 Å².